The van der Waals surface area contributed by atoms with Crippen LogP contribution in [0, 0.1) is 53.3 Å². The van der Waals surface area contributed by atoms with Gasteiger partial charge in [-0.25, -0.2) is 9.59 Å². The molecule has 0 saturated carbocycles. The number of ether oxygens (including phenoxy) is 3. The molecule has 2 unspecified atom stereocenters. The van der Waals surface area contributed by atoms with Crippen molar-refractivity contribution in [2.75, 3.05) is 46.7 Å². The lowest BCUT2D eigenvalue weighted by molar-refractivity contribution is -0.149. The number of carbonyl (C=O) groups excluding carboxylic acids is 8. The molecule has 80 heavy (non-hydrogen) atoms. The average Bonchev–Trinajstić information content (AvgIpc) is 3.91. The molecular weight excluding hydrogens is 1020 g/mol. The zero-order chi connectivity index (χ0) is 60.1. The second-order valence-electron chi connectivity index (χ2n) is 23.5. The lowest BCUT2D eigenvalue weighted by Crippen LogP contribution is -2.54. The van der Waals surface area contributed by atoms with Crippen LogP contribution in [0.4, 0.5) is 15.3 Å². The third kappa shape index (κ3) is 19.8. The van der Waals surface area contributed by atoms with E-state index in [0.717, 1.165) is 12.0 Å². The van der Waals surface area contributed by atoms with Crippen LogP contribution in [0.25, 0.3) is 0 Å². The number of ketones is 3. The van der Waals surface area contributed by atoms with Gasteiger partial charge in [-0.3, -0.25) is 28.8 Å². The Morgan fingerprint density at radius 2 is 1.36 bits per heavy atom. The van der Waals surface area contributed by atoms with Crippen molar-refractivity contribution in [3.05, 3.63) is 65.7 Å². The number of rotatable bonds is 34. The van der Waals surface area contributed by atoms with Crippen LogP contribution >= 0.6 is 0 Å². The van der Waals surface area contributed by atoms with E-state index in [1.165, 1.54) is 19.1 Å². The van der Waals surface area contributed by atoms with Gasteiger partial charge in [0.1, 0.15) is 18.2 Å². The van der Waals surface area contributed by atoms with Gasteiger partial charge in [-0.1, -0.05) is 125 Å². The van der Waals surface area contributed by atoms with Crippen molar-refractivity contribution in [1.82, 2.24) is 20.0 Å². The molecule has 2 aromatic rings. The lowest BCUT2D eigenvalue weighted by Gasteiger charge is -2.41. The average molecular weight is 1120 g/mol. The van der Waals surface area contributed by atoms with Crippen LogP contribution in [-0.2, 0) is 49.6 Å². The standard InChI is InChI=1S/C62H98N6O12/c1-16-40(8)56(53(78-14)35-54(72)68-31-21-25-49(68)58(79-15)43(11)50(69)32-41(9)57(73)45-22-18-17-19-23-45)66(12)60(75)48(38(4)5)34-52(71)55(39(6)7)67(13)62(77)80-36-44-26-28-47(29-27-44)65-59(74)46(24-20-30-64-61(63)76)33-51(70)42(10)37(2)3/h17-19,22-23,26-29,37-43,46,48-49,53,55-58,73H,16,20-21,24-25,30-36H2,1-15H3,(H,65,74)(H3,63,64,76)/t40-,41-,42-,43-,46?,48?,49-,53+,55-,56-,57+,58+/m0/s1. The number of hydrogen-bond donors (Lipinski definition) is 4. The van der Waals surface area contributed by atoms with Crippen molar-refractivity contribution in [3.63, 3.8) is 0 Å². The summed E-state index contributed by atoms with van der Waals surface area (Å²) in [6.07, 6.45) is 0.0416. The quantitative estimate of drug-likeness (QED) is 0.0480. The number of aliphatic hydroxyl groups is 1. The molecule has 0 aliphatic carbocycles. The number of nitrogens with one attached hydrogen (secondary N) is 2. The Balaban J connectivity index is 1.70. The van der Waals surface area contributed by atoms with Gasteiger partial charge in [0.15, 0.2) is 5.78 Å². The van der Waals surface area contributed by atoms with E-state index in [1.54, 1.807) is 48.2 Å². The molecule has 0 aromatic heterocycles. The number of urea groups is 1. The molecule has 5 N–H and O–H groups in total. The molecule has 3 rings (SSSR count). The molecule has 448 valence electrons. The number of nitrogens with zero attached hydrogens (tertiary/aromatic N) is 3. The van der Waals surface area contributed by atoms with Gasteiger partial charge in [-0.2, -0.15) is 0 Å². The molecule has 1 aliphatic heterocycles. The highest BCUT2D eigenvalue weighted by Gasteiger charge is 2.44. The smallest absolute Gasteiger partial charge is 0.410 e. The van der Waals surface area contributed by atoms with Crippen molar-refractivity contribution >= 4 is 52.9 Å². The summed E-state index contributed by atoms with van der Waals surface area (Å²) in [7, 11) is 6.30. The van der Waals surface area contributed by atoms with Gasteiger partial charge in [0, 0.05) is 90.0 Å². The predicted octanol–water partition coefficient (Wildman–Crippen LogP) is 9.01. The Labute approximate surface area is 477 Å². The first-order chi connectivity index (χ1) is 37.7. The Kier molecular flexibility index (Phi) is 28.5. The Hall–Kier alpha value is -5.72. The highest BCUT2D eigenvalue weighted by Crippen LogP contribution is 2.33. The van der Waals surface area contributed by atoms with Gasteiger partial charge < -0.3 is 50.4 Å². The van der Waals surface area contributed by atoms with E-state index in [4.69, 9.17) is 19.9 Å². The number of likely N-dealkylation sites (N-methyl/N-ethyl adjacent to an activating group) is 2. The first-order valence-electron chi connectivity index (χ1n) is 29.0. The monoisotopic (exact) mass is 1120 g/mol. The number of likely N-dealkylation sites (tertiary alicyclic amines) is 1. The number of primary amides is 1. The number of anilines is 1. The fraction of sp³-hybridized carbons (Fsp3) is 0.677. The summed E-state index contributed by atoms with van der Waals surface area (Å²) in [4.78, 5) is 113. The number of hydrogen-bond acceptors (Lipinski definition) is 12. The number of nitrogens with two attached hydrogens (primary N) is 1. The van der Waals surface area contributed by atoms with Crippen LogP contribution in [0.5, 0.6) is 0 Å². The number of aliphatic hydroxyl groups excluding tert-OH is 1. The van der Waals surface area contributed by atoms with E-state index in [-0.39, 0.29) is 115 Å². The van der Waals surface area contributed by atoms with Crippen LogP contribution in [0.2, 0.25) is 0 Å². The molecule has 18 nitrogen and oxygen atoms in total. The minimum Gasteiger partial charge on any atom is -0.445 e. The van der Waals surface area contributed by atoms with Crippen LogP contribution in [0.3, 0.4) is 0 Å². The van der Waals surface area contributed by atoms with Gasteiger partial charge in [0.05, 0.1) is 42.9 Å². The van der Waals surface area contributed by atoms with E-state index in [9.17, 15) is 43.5 Å². The normalized spacial score (nSPS) is 17.7. The molecule has 0 radical (unpaired) electrons. The molecule has 1 heterocycles. The van der Waals surface area contributed by atoms with Crippen molar-refractivity contribution in [3.8, 4) is 0 Å². The van der Waals surface area contributed by atoms with E-state index in [1.807, 2.05) is 106 Å². The molecule has 6 amide bonds. The highest BCUT2D eigenvalue weighted by atomic mass is 16.6. The largest absolute Gasteiger partial charge is 0.445 e. The summed E-state index contributed by atoms with van der Waals surface area (Å²) in [5.74, 6) is -4.27. The first kappa shape index (κ1) is 68.6. The molecular formula is C62H98N6O12. The molecule has 0 bridgehead atoms. The maximum atomic E-state index is 14.8. The third-order valence-electron chi connectivity index (χ3n) is 16.7. The van der Waals surface area contributed by atoms with E-state index in [0.29, 0.717) is 43.5 Å². The fourth-order valence-electron chi connectivity index (χ4n) is 11.2. The van der Waals surface area contributed by atoms with Crippen LogP contribution in [-0.4, -0.2) is 139 Å². The Bertz CT molecular complexity index is 2310. The minimum atomic E-state index is -0.921. The summed E-state index contributed by atoms with van der Waals surface area (Å²) in [5.41, 5.74) is 7.04. The zero-order valence-corrected chi connectivity index (χ0v) is 50.7. The minimum absolute atomic E-state index is 0.0166. The summed E-state index contributed by atoms with van der Waals surface area (Å²) >= 11 is 0. The second-order valence-corrected chi connectivity index (χ2v) is 23.5. The summed E-state index contributed by atoms with van der Waals surface area (Å²) in [6.45, 7) is 21.5. The van der Waals surface area contributed by atoms with Crippen molar-refractivity contribution in [1.29, 1.82) is 0 Å². The van der Waals surface area contributed by atoms with E-state index >= 15 is 0 Å². The number of amides is 6. The van der Waals surface area contributed by atoms with Crippen molar-refractivity contribution < 1.29 is 57.7 Å². The number of benzene rings is 2. The maximum absolute atomic E-state index is 14.8. The van der Waals surface area contributed by atoms with Gasteiger partial charge in [0.2, 0.25) is 17.7 Å². The molecule has 2 aromatic carbocycles. The van der Waals surface area contributed by atoms with E-state index < -0.39 is 60.3 Å². The molecule has 1 saturated heterocycles. The Morgan fingerprint density at radius 3 is 1.91 bits per heavy atom. The Morgan fingerprint density at radius 1 is 0.738 bits per heavy atom. The number of methoxy groups -OCH3 is 2. The fourth-order valence-corrected chi connectivity index (χ4v) is 11.2. The van der Waals surface area contributed by atoms with Crippen molar-refractivity contribution in [2.24, 2.45) is 59.0 Å². The molecule has 12 atom stereocenters. The second kappa shape index (κ2) is 33.3. The molecule has 1 fully saturated rings. The SMILES string of the molecule is CC[C@H](C)[C@@H]([C@@H](CC(=O)N1CCC[C@H]1[C@H](OC)[C@@H](C)C(=O)C[C@H](C)[C@@H](O)c1ccccc1)OC)N(C)C(=O)C(CC(=O)[C@H](C(C)C)N(C)C(=O)OCc1ccc(NC(=O)C(CCCNC(N)=O)CC(=O)[C@@H](C)C(C)C)cc1)C(C)C. The van der Waals surface area contributed by atoms with Crippen LogP contribution in [0.15, 0.2) is 54.6 Å². The summed E-state index contributed by atoms with van der Waals surface area (Å²) in [6, 6.07) is 13.5. The maximum Gasteiger partial charge on any atom is 0.410 e. The highest BCUT2D eigenvalue weighted by molar-refractivity contribution is 5.96. The zero-order valence-electron chi connectivity index (χ0n) is 50.7. The first-order valence-corrected chi connectivity index (χ1v) is 29.0. The summed E-state index contributed by atoms with van der Waals surface area (Å²) < 4.78 is 17.8. The van der Waals surface area contributed by atoms with Crippen LogP contribution in [0.1, 0.15) is 151 Å². The van der Waals surface area contributed by atoms with Gasteiger partial charge in [-0.15, -0.1) is 0 Å². The lowest BCUT2D eigenvalue weighted by atomic mass is 9.83. The number of carbonyl (C=O) groups is 8. The number of Topliss-reactive ketones (excluding diaryl/α,β-unsaturated/α-hetero) is 3. The van der Waals surface area contributed by atoms with Gasteiger partial charge in [0.25, 0.3) is 0 Å². The topological polar surface area (TPSA) is 244 Å². The third-order valence-corrected chi connectivity index (χ3v) is 16.7. The molecule has 0 spiro atoms. The van der Waals surface area contributed by atoms with Gasteiger partial charge in [-0.05, 0) is 78.5 Å². The van der Waals surface area contributed by atoms with Crippen molar-refractivity contribution in [2.45, 2.75) is 177 Å². The molecule has 18 heteroatoms. The predicted molar refractivity (Wildman–Crippen MR) is 310 cm³/mol. The van der Waals surface area contributed by atoms with E-state index in [2.05, 4.69) is 10.6 Å². The summed E-state index contributed by atoms with van der Waals surface area (Å²) in [5, 5.41) is 16.4. The van der Waals surface area contributed by atoms with Crippen LogP contribution < -0.4 is 16.4 Å². The molecule has 1 aliphatic rings. The van der Waals surface area contributed by atoms with Gasteiger partial charge >= 0.3 is 12.1 Å².